The minimum atomic E-state index is 0.274. The predicted octanol–water partition coefficient (Wildman–Crippen LogP) is 3.09. The largest absolute Gasteiger partial charge is 0.303 e. The third kappa shape index (κ3) is 3.61. The first-order valence-electron chi connectivity index (χ1n) is 5.50. The summed E-state index contributed by atoms with van der Waals surface area (Å²) in [5.41, 5.74) is 1.25. The molecule has 0 spiro atoms. The van der Waals surface area contributed by atoms with E-state index in [0.717, 1.165) is 10.3 Å². The van der Waals surface area contributed by atoms with Gasteiger partial charge in [-0.1, -0.05) is 28.1 Å². The van der Waals surface area contributed by atoms with E-state index in [0.29, 0.717) is 6.54 Å². The van der Waals surface area contributed by atoms with Crippen molar-refractivity contribution in [1.82, 2.24) is 15.3 Å². The van der Waals surface area contributed by atoms with Gasteiger partial charge in [-0.2, -0.15) is 0 Å². The molecule has 0 radical (unpaired) electrons. The molecule has 0 aliphatic rings. The Hall–Kier alpha value is -1.26. The molecule has 1 atom stereocenters. The van der Waals surface area contributed by atoms with E-state index in [1.807, 2.05) is 18.2 Å². The molecule has 1 N–H and O–H groups in total. The van der Waals surface area contributed by atoms with Gasteiger partial charge >= 0.3 is 0 Å². The second kappa shape index (κ2) is 5.89. The molecule has 0 saturated heterocycles. The van der Waals surface area contributed by atoms with Crippen molar-refractivity contribution >= 4 is 15.9 Å². The zero-order valence-electron chi connectivity index (χ0n) is 9.60. The van der Waals surface area contributed by atoms with Crippen LogP contribution in [0.1, 0.15) is 24.4 Å². The normalized spacial score (nSPS) is 12.4. The molecule has 1 heterocycles. The zero-order chi connectivity index (χ0) is 12.1. The van der Waals surface area contributed by atoms with Crippen molar-refractivity contribution in [3.05, 3.63) is 58.6 Å². The van der Waals surface area contributed by atoms with Crippen LogP contribution in [0, 0.1) is 0 Å². The Labute approximate surface area is 109 Å². The number of hydrogen-bond acceptors (Lipinski definition) is 3. The second-order valence-corrected chi connectivity index (χ2v) is 4.74. The summed E-state index contributed by atoms with van der Waals surface area (Å²) in [5, 5.41) is 3.40. The van der Waals surface area contributed by atoms with Crippen LogP contribution >= 0.6 is 15.9 Å². The van der Waals surface area contributed by atoms with Gasteiger partial charge < -0.3 is 5.32 Å². The minimum Gasteiger partial charge on any atom is -0.303 e. The highest BCUT2D eigenvalue weighted by atomic mass is 79.9. The standard InChI is InChI=1S/C13H14BrN3/c1-10(11-4-2-5-12(14)8-11)17-9-13-15-6-3-7-16-13/h2-8,10,17H,9H2,1H3. The van der Waals surface area contributed by atoms with Crippen LogP contribution in [0.4, 0.5) is 0 Å². The molecule has 0 aliphatic heterocycles. The van der Waals surface area contributed by atoms with Gasteiger partial charge in [0.2, 0.25) is 0 Å². The summed E-state index contributed by atoms with van der Waals surface area (Å²) in [5.74, 6) is 0.814. The van der Waals surface area contributed by atoms with Crippen molar-refractivity contribution in [1.29, 1.82) is 0 Å². The Morgan fingerprint density at radius 1 is 1.24 bits per heavy atom. The number of aromatic nitrogens is 2. The number of halogens is 1. The van der Waals surface area contributed by atoms with Gasteiger partial charge in [0, 0.05) is 22.9 Å². The van der Waals surface area contributed by atoms with Crippen LogP contribution in [0.2, 0.25) is 0 Å². The molecule has 4 heteroatoms. The van der Waals surface area contributed by atoms with Gasteiger partial charge in [0.1, 0.15) is 5.82 Å². The van der Waals surface area contributed by atoms with Gasteiger partial charge in [-0.15, -0.1) is 0 Å². The summed E-state index contributed by atoms with van der Waals surface area (Å²) in [6, 6.07) is 10.4. The van der Waals surface area contributed by atoms with Crippen LogP contribution < -0.4 is 5.32 Å². The van der Waals surface area contributed by atoms with Gasteiger partial charge in [0.15, 0.2) is 0 Å². The van der Waals surface area contributed by atoms with Crippen molar-refractivity contribution in [3.63, 3.8) is 0 Å². The van der Waals surface area contributed by atoms with Crippen LogP contribution in [0.3, 0.4) is 0 Å². The smallest absolute Gasteiger partial charge is 0.141 e. The molecule has 0 amide bonds. The topological polar surface area (TPSA) is 37.8 Å². The fourth-order valence-electron chi connectivity index (χ4n) is 1.56. The van der Waals surface area contributed by atoms with Crippen LogP contribution in [0.5, 0.6) is 0 Å². The lowest BCUT2D eigenvalue weighted by Gasteiger charge is -2.13. The number of hydrogen-bond donors (Lipinski definition) is 1. The Morgan fingerprint density at radius 2 is 2.00 bits per heavy atom. The highest BCUT2D eigenvalue weighted by Gasteiger charge is 2.05. The molecule has 0 fully saturated rings. The number of nitrogens with zero attached hydrogens (tertiary/aromatic N) is 2. The molecule has 17 heavy (non-hydrogen) atoms. The van der Waals surface area contributed by atoms with Crippen molar-refractivity contribution in [2.75, 3.05) is 0 Å². The van der Waals surface area contributed by atoms with Crippen LogP contribution in [0.15, 0.2) is 47.2 Å². The number of benzene rings is 1. The summed E-state index contributed by atoms with van der Waals surface area (Å²) in [6.45, 7) is 2.80. The van der Waals surface area contributed by atoms with Gasteiger partial charge in [-0.05, 0) is 30.7 Å². The summed E-state index contributed by atoms with van der Waals surface area (Å²) < 4.78 is 1.10. The van der Waals surface area contributed by atoms with Crippen molar-refractivity contribution < 1.29 is 0 Å². The molecule has 2 aromatic rings. The Morgan fingerprint density at radius 3 is 2.71 bits per heavy atom. The van der Waals surface area contributed by atoms with Gasteiger partial charge in [0.05, 0.1) is 6.54 Å². The molecule has 1 aromatic carbocycles. The first kappa shape index (κ1) is 12.2. The molecular weight excluding hydrogens is 278 g/mol. The van der Waals surface area contributed by atoms with E-state index in [4.69, 9.17) is 0 Å². The molecular formula is C13H14BrN3. The van der Waals surface area contributed by atoms with E-state index in [9.17, 15) is 0 Å². The minimum absolute atomic E-state index is 0.274. The molecule has 2 rings (SSSR count). The van der Waals surface area contributed by atoms with E-state index in [1.165, 1.54) is 5.56 Å². The Kier molecular flexibility index (Phi) is 4.23. The lowest BCUT2D eigenvalue weighted by Crippen LogP contribution is -2.19. The first-order valence-corrected chi connectivity index (χ1v) is 6.30. The third-order valence-electron chi connectivity index (χ3n) is 2.53. The molecule has 0 aliphatic carbocycles. The quantitative estimate of drug-likeness (QED) is 0.941. The maximum Gasteiger partial charge on any atom is 0.141 e. The van der Waals surface area contributed by atoms with E-state index in [1.54, 1.807) is 12.4 Å². The van der Waals surface area contributed by atoms with Gasteiger partial charge in [0.25, 0.3) is 0 Å². The second-order valence-electron chi connectivity index (χ2n) is 3.82. The van der Waals surface area contributed by atoms with Gasteiger partial charge in [-0.3, -0.25) is 0 Å². The van der Waals surface area contributed by atoms with E-state index in [-0.39, 0.29) is 6.04 Å². The summed E-state index contributed by atoms with van der Waals surface area (Å²) >= 11 is 3.47. The lowest BCUT2D eigenvalue weighted by atomic mass is 10.1. The van der Waals surface area contributed by atoms with Crippen LogP contribution in [-0.2, 0) is 6.54 Å². The molecule has 1 unspecified atom stereocenters. The Balaban J connectivity index is 1.96. The monoisotopic (exact) mass is 291 g/mol. The van der Waals surface area contributed by atoms with Crippen LogP contribution in [0.25, 0.3) is 0 Å². The molecule has 0 saturated carbocycles. The summed E-state index contributed by atoms with van der Waals surface area (Å²) in [4.78, 5) is 8.36. The average molecular weight is 292 g/mol. The maximum absolute atomic E-state index is 4.18. The average Bonchev–Trinajstić information content (AvgIpc) is 2.37. The summed E-state index contributed by atoms with van der Waals surface area (Å²) in [6.07, 6.45) is 3.52. The first-order chi connectivity index (χ1) is 8.25. The highest BCUT2D eigenvalue weighted by molar-refractivity contribution is 9.10. The summed E-state index contributed by atoms with van der Waals surface area (Å²) in [7, 11) is 0. The predicted molar refractivity (Wildman–Crippen MR) is 71.4 cm³/mol. The van der Waals surface area contributed by atoms with E-state index >= 15 is 0 Å². The lowest BCUT2D eigenvalue weighted by molar-refractivity contribution is 0.559. The fourth-order valence-corrected chi connectivity index (χ4v) is 1.98. The number of nitrogens with one attached hydrogen (secondary N) is 1. The SMILES string of the molecule is CC(NCc1ncccn1)c1cccc(Br)c1. The molecule has 88 valence electrons. The molecule has 3 nitrogen and oxygen atoms in total. The van der Waals surface area contributed by atoms with Crippen molar-refractivity contribution in [3.8, 4) is 0 Å². The van der Waals surface area contributed by atoms with Gasteiger partial charge in [-0.25, -0.2) is 9.97 Å². The zero-order valence-corrected chi connectivity index (χ0v) is 11.2. The molecule has 1 aromatic heterocycles. The number of rotatable bonds is 4. The Bertz CT molecular complexity index is 473. The van der Waals surface area contributed by atoms with Crippen molar-refractivity contribution in [2.24, 2.45) is 0 Å². The third-order valence-corrected chi connectivity index (χ3v) is 3.03. The fraction of sp³-hybridized carbons (Fsp3) is 0.231. The maximum atomic E-state index is 4.18. The van der Waals surface area contributed by atoms with E-state index < -0.39 is 0 Å². The van der Waals surface area contributed by atoms with E-state index in [2.05, 4.69) is 50.3 Å². The van der Waals surface area contributed by atoms with Crippen molar-refractivity contribution in [2.45, 2.75) is 19.5 Å². The van der Waals surface area contributed by atoms with Crippen LogP contribution in [-0.4, -0.2) is 9.97 Å². The molecule has 0 bridgehead atoms. The highest BCUT2D eigenvalue weighted by Crippen LogP contribution is 2.17.